The van der Waals surface area contributed by atoms with Crippen LogP contribution in [-0.2, 0) is 4.74 Å². The summed E-state index contributed by atoms with van der Waals surface area (Å²) in [6.07, 6.45) is 0.573. The number of nitrogens with one attached hydrogen (secondary N) is 1. The van der Waals surface area contributed by atoms with E-state index in [4.69, 9.17) is 15.2 Å². The molecule has 0 radical (unpaired) electrons. The largest absolute Gasteiger partial charge is 0.492 e. The van der Waals surface area contributed by atoms with Crippen LogP contribution < -0.4 is 15.8 Å². The van der Waals surface area contributed by atoms with Crippen molar-refractivity contribution in [2.75, 3.05) is 37.9 Å². The van der Waals surface area contributed by atoms with Crippen LogP contribution in [0.1, 0.15) is 20.3 Å². The van der Waals surface area contributed by atoms with Gasteiger partial charge >= 0.3 is 0 Å². The molecule has 5 heteroatoms. The number of anilines is 2. The maximum atomic E-state index is 10.1. The van der Waals surface area contributed by atoms with Gasteiger partial charge in [-0.2, -0.15) is 0 Å². The SMILES string of the molecule is CCOc1cc(NCC(C)(O)CCOC)ccc1N. The van der Waals surface area contributed by atoms with E-state index in [-0.39, 0.29) is 0 Å². The van der Waals surface area contributed by atoms with Gasteiger partial charge in [-0.3, -0.25) is 0 Å². The number of nitrogens with two attached hydrogens (primary N) is 1. The van der Waals surface area contributed by atoms with E-state index < -0.39 is 5.60 Å². The summed E-state index contributed by atoms with van der Waals surface area (Å²) in [6.45, 7) is 5.22. The molecule has 0 bridgehead atoms. The summed E-state index contributed by atoms with van der Waals surface area (Å²) in [4.78, 5) is 0. The first-order chi connectivity index (χ1) is 8.98. The number of hydrogen-bond acceptors (Lipinski definition) is 5. The highest BCUT2D eigenvalue weighted by Gasteiger charge is 2.19. The summed E-state index contributed by atoms with van der Waals surface area (Å²) in [7, 11) is 1.62. The lowest BCUT2D eigenvalue weighted by molar-refractivity contribution is 0.0357. The Morgan fingerprint density at radius 1 is 1.42 bits per heavy atom. The molecule has 1 aromatic rings. The highest BCUT2D eigenvalue weighted by atomic mass is 16.5. The predicted molar refractivity (Wildman–Crippen MR) is 77.6 cm³/mol. The van der Waals surface area contributed by atoms with E-state index in [1.54, 1.807) is 20.1 Å². The van der Waals surface area contributed by atoms with Gasteiger partial charge in [-0.05, 0) is 26.0 Å². The first-order valence-corrected chi connectivity index (χ1v) is 6.46. The highest BCUT2D eigenvalue weighted by molar-refractivity contribution is 5.61. The van der Waals surface area contributed by atoms with Gasteiger partial charge in [0, 0.05) is 38.4 Å². The number of aliphatic hydroxyl groups is 1. The van der Waals surface area contributed by atoms with Crippen LogP contribution in [0.4, 0.5) is 11.4 Å². The molecule has 0 aliphatic carbocycles. The number of ether oxygens (including phenoxy) is 2. The topological polar surface area (TPSA) is 76.7 Å². The summed E-state index contributed by atoms with van der Waals surface area (Å²) in [6, 6.07) is 5.49. The average Bonchev–Trinajstić information content (AvgIpc) is 2.38. The van der Waals surface area contributed by atoms with E-state index in [0.29, 0.717) is 37.6 Å². The van der Waals surface area contributed by atoms with Gasteiger partial charge in [0.05, 0.1) is 17.9 Å². The molecule has 1 aromatic carbocycles. The summed E-state index contributed by atoms with van der Waals surface area (Å²) >= 11 is 0. The van der Waals surface area contributed by atoms with Crippen LogP contribution >= 0.6 is 0 Å². The predicted octanol–water partition coefficient (Wildman–Crippen LogP) is 1.87. The Balaban J connectivity index is 2.59. The summed E-state index contributed by atoms with van der Waals surface area (Å²) in [5.74, 6) is 0.657. The van der Waals surface area contributed by atoms with Gasteiger partial charge in [-0.25, -0.2) is 0 Å². The Labute approximate surface area is 114 Å². The molecule has 1 unspecified atom stereocenters. The van der Waals surface area contributed by atoms with Gasteiger partial charge in [0.2, 0.25) is 0 Å². The molecule has 108 valence electrons. The zero-order chi connectivity index (χ0) is 14.3. The Bertz CT molecular complexity index is 394. The molecule has 0 saturated carbocycles. The molecule has 0 aliphatic heterocycles. The van der Waals surface area contributed by atoms with Crippen LogP contribution in [0.3, 0.4) is 0 Å². The van der Waals surface area contributed by atoms with Crippen LogP contribution in [0.5, 0.6) is 5.75 Å². The second-order valence-electron chi connectivity index (χ2n) is 4.78. The number of methoxy groups -OCH3 is 1. The molecule has 1 rings (SSSR count). The maximum absolute atomic E-state index is 10.1. The summed E-state index contributed by atoms with van der Waals surface area (Å²) in [5, 5.41) is 13.3. The van der Waals surface area contributed by atoms with Crippen molar-refractivity contribution in [3.05, 3.63) is 18.2 Å². The number of benzene rings is 1. The number of hydrogen-bond donors (Lipinski definition) is 3. The molecule has 0 heterocycles. The van der Waals surface area contributed by atoms with E-state index >= 15 is 0 Å². The second-order valence-corrected chi connectivity index (χ2v) is 4.78. The summed E-state index contributed by atoms with van der Waals surface area (Å²) in [5.41, 5.74) is 6.47. The third-order valence-electron chi connectivity index (χ3n) is 2.83. The van der Waals surface area contributed by atoms with Gasteiger partial charge in [0.15, 0.2) is 0 Å². The van der Waals surface area contributed by atoms with Crippen molar-refractivity contribution in [2.45, 2.75) is 25.9 Å². The van der Waals surface area contributed by atoms with Crippen molar-refractivity contribution in [1.29, 1.82) is 0 Å². The molecular formula is C14H24N2O3. The zero-order valence-corrected chi connectivity index (χ0v) is 11.9. The van der Waals surface area contributed by atoms with Gasteiger partial charge in [-0.15, -0.1) is 0 Å². The molecule has 0 saturated heterocycles. The van der Waals surface area contributed by atoms with E-state index in [1.807, 2.05) is 19.1 Å². The van der Waals surface area contributed by atoms with Crippen molar-refractivity contribution in [2.24, 2.45) is 0 Å². The molecule has 0 aliphatic rings. The quantitative estimate of drug-likeness (QED) is 0.627. The lowest BCUT2D eigenvalue weighted by Crippen LogP contribution is -2.34. The normalized spacial score (nSPS) is 13.9. The molecule has 0 spiro atoms. The van der Waals surface area contributed by atoms with Crippen LogP contribution in [0.2, 0.25) is 0 Å². The lowest BCUT2D eigenvalue weighted by atomic mass is 10.0. The minimum absolute atomic E-state index is 0.436. The van der Waals surface area contributed by atoms with Gasteiger partial charge in [-0.1, -0.05) is 0 Å². The smallest absolute Gasteiger partial charge is 0.144 e. The van der Waals surface area contributed by atoms with E-state index in [0.717, 1.165) is 5.69 Å². The van der Waals surface area contributed by atoms with E-state index in [9.17, 15) is 5.11 Å². The second kappa shape index (κ2) is 7.21. The summed E-state index contributed by atoms with van der Waals surface area (Å²) < 4.78 is 10.4. The van der Waals surface area contributed by atoms with Crippen molar-refractivity contribution in [3.63, 3.8) is 0 Å². The van der Waals surface area contributed by atoms with Crippen LogP contribution in [0.25, 0.3) is 0 Å². The molecule has 0 fully saturated rings. The van der Waals surface area contributed by atoms with Gasteiger partial charge in [0.25, 0.3) is 0 Å². The minimum Gasteiger partial charge on any atom is -0.492 e. The average molecular weight is 268 g/mol. The van der Waals surface area contributed by atoms with Crippen molar-refractivity contribution in [3.8, 4) is 5.75 Å². The third-order valence-corrected chi connectivity index (χ3v) is 2.83. The standard InChI is InChI=1S/C14H24N2O3/c1-4-19-13-9-11(5-6-12(13)15)16-10-14(2,17)7-8-18-3/h5-6,9,16-17H,4,7-8,10,15H2,1-3H3. The van der Waals surface area contributed by atoms with Gasteiger partial charge in [0.1, 0.15) is 5.75 Å². The monoisotopic (exact) mass is 268 g/mol. The van der Waals surface area contributed by atoms with Crippen molar-refractivity contribution < 1.29 is 14.6 Å². The van der Waals surface area contributed by atoms with Crippen LogP contribution in [0.15, 0.2) is 18.2 Å². The number of rotatable bonds is 8. The molecule has 5 nitrogen and oxygen atoms in total. The van der Waals surface area contributed by atoms with Crippen LogP contribution in [0, 0.1) is 0 Å². The fourth-order valence-electron chi connectivity index (χ4n) is 1.63. The molecule has 1 atom stereocenters. The zero-order valence-electron chi connectivity index (χ0n) is 11.9. The fraction of sp³-hybridized carbons (Fsp3) is 0.571. The number of nitrogen functional groups attached to an aromatic ring is 1. The molecule has 19 heavy (non-hydrogen) atoms. The molecular weight excluding hydrogens is 244 g/mol. The third kappa shape index (κ3) is 5.36. The fourth-order valence-corrected chi connectivity index (χ4v) is 1.63. The Morgan fingerprint density at radius 3 is 2.79 bits per heavy atom. The Kier molecular flexibility index (Phi) is 5.92. The maximum Gasteiger partial charge on any atom is 0.144 e. The first kappa shape index (κ1) is 15.6. The molecule has 0 aromatic heterocycles. The van der Waals surface area contributed by atoms with E-state index in [1.165, 1.54) is 0 Å². The molecule has 0 amide bonds. The first-order valence-electron chi connectivity index (χ1n) is 6.46. The van der Waals surface area contributed by atoms with Crippen molar-refractivity contribution >= 4 is 11.4 Å². The lowest BCUT2D eigenvalue weighted by Gasteiger charge is -2.24. The minimum atomic E-state index is -0.816. The Hall–Kier alpha value is -1.46. The van der Waals surface area contributed by atoms with E-state index in [2.05, 4.69) is 5.32 Å². The van der Waals surface area contributed by atoms with Gasteiger partial charge < -0.3 is 25.6 Å². The Morgan fingerprint density at radius 2 is 2.16 bits per heavy atom. The molecule has 4 N–H and O–H groups in total. The van der Waals surface area contributed by atoms with Crippen LogP contribution in [-0.4, -0.2) is 37.6 Å². The van der Waals surface area contributed by atoms with Crippen molar-refractivity contribution in [1.82, 2.24) is 0 Å². The highest BCUT2D eigenvalue weighted by Crippen LogP contribution is 2.26.